The van der Waals surface area contributed by atoms with Gasteiger partial charge in [-0.3, -0.25) is 4.79 Å². The third-order valence-electron chi connectivity index (χ3n) is 1.93. The zero-order chi connectivity index (χ0) is 11.6. The third kappa shape index (κ3) is 3.51. The summed E-state index contributed by atoms with van der Waals surface area (Å²) in [5, 5.41) is 0. The molecule has 1 rings (SSSR count). The molecule has 0 aliphatic rings. The number of ketones is 1. The van der Waals surface area contributed by atoms with Crippen LogP contribution in [-0.4, -0.2) is 14.1 Å². The predicted molar refractivity (Wildman–Crippen MR) is 65.2 cm³/mol. The molecule has 0 aromatic heterocycles. The summed E-state index contributed by atoms with van der Waals surface area (Å²) in [4.78, 5) is 11.4. The fourth-order valence-corrected chi connectivity index (χ4v) is 2.18. The Bertz CT molecular complexity index is 378. The lowest BCUT2D eigenvalue weighted by Crippen LogP contribution is -2.30. The summed E-state index contributed by atoms with van der Waals surface area (Å²) in [7, 11) is -1.64. The molecule has 1 aromatic carbocycles. The van der Waals surface area contributed by atoms with Gasteiger partial charge in [0, 0.05) is 0 Å². The van der Waals surface area contributed by atoms with Crippen molar-refractivity contribution < 1.29 is 9.22 Å². The molecule has 0 atom stereocenters. The number of aryl methyl sites for hydroxylation is 1. The van der Waals surface area contributed by atoms with E-state index in [4.69, 9.17) is 4.43 Å². The van der Waals surface area contributed by atoms with Gasteiger partial charge in [0.2, 0.25) is 8.32 Å². The summed E-state index contributed by atoms with van der Waals surface area (Å²) in [5.41, 5.74) is 1.78. The number of benzene rings is 1. The van der Waals surface area contributed by atoms with Crippen molar-refractivity contribution in [2.75, 3.05) is 0 Å². The molecule has 0 aliphatic heterocycles. The smallest absolute Gasteiger partial charge is 0.242 e. The van der Waals surface area contributed by atoms with E-state index in [-0.39, 0.29) is 5.78 Å². The summed E-state index contributed by atoms with van der Waals surface area (Å²) in [5.74, 6) is 0.791. The van der Waals surface area contributed by atoms with Gasteiger partial charge in [-0.1, -0.05) is 11.6 Å². The molecule has 0 unspecified atom stereocenters. The second kappa shape index (κ2) is 4.19. The van der Waals surface area contributed by atoms with Gasteiger partial charge in [-0.2, -0.15) is 0 Å². The Labute approximate surface area is 92.4 Å². The average Bonchev–Trinajstić information content (AvgIpc) is 2.05. The Balaban J connectivity index is 3.12. The maximum Gasteiger partial charge on any atom is 0.242 e. The lowest BCUT2D eigenvalue weighted by atomic mass is 10.1. The highest BCUT2D eigenvalue weighted by Gasteiger charge is 2.19. The molecule has 2 nitrogen and oxygen atoms in total. The van der Waals surface area contributed by atoms with Crippen molar-refractivity contribution in [2.24, 2.45) is 0 Å². The normalized spacial score (nSPS) is 11.3. The van der Waals surface area contributed by atoms with Crippen molar-refractivity contribution in [2.45, 2.75) is 33.5 Å². The SMILES string of the molecule is CC(=O)c1cc(C)ccc1O[Si](C)(C)C. The summed E-state index contributed by atoms with van der Waals surface area (Å²) in [6.07, 6.45) is 0. The Hall–Kier alpha value is -1.09. The second-order valence-corrected chi connectivity index (χ2v) is 9.20. The van der Waals surface area contributed by atoms with Crippen LogP contribution in [0.3, 0.4) is 0 Å². The van der Waals surface area contributed by atoms with Gasteiger partial charge in [-0.05, 0) is 45.6 Å². The van der Waals surface area contributed by atoms with Crippen LogP contribution in [0.4, 0.5) is 0 Å². The lowest BCUT2D eigenvalue weighted by Gasteiger charge is -2.21. The first kappa shape index (κ1) is 12.0. The largest absolute Gasteiger partial charge is 0.544 e. The molecule has 0 bridgehead atoms. The van der Waals surface area contributed by atoms with Crippen molar-refractivity contribution in [1.29, 1.82) is 0 Å². The molecule has 3 heteroatoms. The number of carbonyl (C=O) groups excluding carboxylic acids is 1. The lowest BCUT2D eigenvalue weighted by molar-refractivity contribution is 0.101. The Morgan fingerprint density at radius 3 is 2.33 bits per heavy atom. The van der Waals surface area contributed by atoms with E-state index >= 15 is 0 Å². The summed E-state index contributed by atoms with van der Waals surface area (Å²) in [6, 6.07) is 5.75. The fraction of sp³-hybridized carbons (Fsp3) is 0.417. The topological polar surface area (TPSA) is 26.3 Å². The molecule has 0 radical (unpaired) electrons. The number of hydrogen-bond donors (Lipinski definition) is 0. The first-order valence-electron chi connectivity index (χ1n) is 5.10. The third-order valence-corrected chi connectivity index (χ3v) is 2.76. The van der Waals surface area contributed by atoms with Crippen LogP contribution in [0.1, 0.15) is 22.8 Å². The van der Waals surface area contributed by atoms with Crippen LogP contribution >= 0.6 is 0 Å². The van der Waals surface area contributed by atoms with Gasteiger partial charge in [-0.25, -0.2) is 0 Å². The molecule has 0 amide bonds. The van der Waals surface area contributed by atoms with Crippen molar-refractivity contribution in [1.82, 2.24) is 0 Å². The molecule has 15 heavy (non-hydrogen) atoms. The van der Waals surface area contributed by atoms with Gasteiger partial charge < -0.3 is 4.43 Å². The summed E-state index contributed by atoms with van der Waals surface area (Å²) >= 11 is 0. The second-order valence-electron chi connectivity index (χ2n) is 4.77. The van der Waals surface area contributed by atoms with Gasteiger partial charge in [0.05, 0.1) is 5.56 Å². The highest BCUT2D eigenvalue weighted by molar-refractivity contribution is 6.70. The Kier molecular flexibility index (Phi) is 3.34. The maximum atomic E-state index is 11.4. The standard InChI is InChI=1S/C12H18O2Si/c1-9-6-7-12(14-15(3,4)5)11(8-9)10(2)13/h6-8H,1-5H3. The Morgan fingerprint density at radius 2 is 1.87 bits per heavy atom. The molecule has 0 saturated carbocycles. The molecule has 0 aliphatic carbocycles. The minimum atomic E-state index is -1.64. The number of rotatable bonds is 3. The van der Waals surface area contributed by atoms with E-state index in [1.807, 2.05) is 25.1 Å². The van der Waals surface area contributed by atoms with Crippen LogP contribution in [0.5, 0.6) is 5.75 Å². The monoisotopic (exact) mass is 222 g/mol. The fourth-order valence-electron chi connectivity index (χ4n) is 1.34. The molecule has 1 aromatic rings. The van der Waals surface area contributed by atoms with E-state index in [0.717, 1.165) is 11.3 Å². The molecule has 82 valence electrons. The van der Waals surface area contributed by atoms with Crippen LogP contribution in [0.15, 0.2) is 18.2 Å². The molecule has 0 spiro atoms. The zero-order valence-electron chi connectivity index (χ0n) is 10.0. The van der Waals surface area contributed by atoms with Gasteiger partial charge >= 0.3 is 0 Å². The molecule has 0 fully saturated rings. The van der Waals surface area contributed by atoms with Crippen LogP contribution in [0, 0.1) is 6.92 Å². The highest BCUT2D eigenvalue weighted by Crippen LogP contribution is 2.23. The number of carbonyl (C=O) groups is 1. The van der Waals surface area contributed by atoms with Gasteiger partial charge in [0.25, 0.3) is 0 Å². The first-order valence-corrected chi connectivity index (χ1v) is 8.51. The zero-order valence-corrected chi connectivity index (χ0v) is 11.0. The van der Waals surface area contributed by atoms with Crippen molar-refractivity contribution >= 4 is 14.1 Å². The average molecular weight is 222 g/mol. The van der Waals surface area contributed by atoms with Crippen LogP contribution in [0.25, 0.3) is 0 Å². The van der Waals surface area contributed by atoms with E-state index in [0.29, 0.717) is 5.56 Å². The van der Waals surface area contributed by atoms with E-state index in [1.54, 1.807) is 6.92 Å². The minimum absolute atomic E-state index is 0.0620. The van der Waals surface area contributed by atoms with Crippen molar-refractivity contribution in [3.05, 3.63) is 29.3 Å². The van der Waals surface area contributed by atoms with E-state index < -0.39 is 8.32 Å². The minimum Gasteiger partial charge on any atom is -0.544 e. The summed E-state index contributed by atoms with van der Waals surface area (Å²) in [6.45, 7) is 9.88. The van der Waals surface area contributed by atoms with Crippen LogP contribution in [0.2, 0.25) is 19.6 Å². The van der Waals surface area contributed by atoms with Crippen LogP contribution < -0.4 is 4.43 Å². The molecule has 0 saturated heterocycles. The van der Waals surface area contributed by atoms with E-state index in [2.05, 4.69) is 19.6 Å². The number of Topliss-reactive ketones (excluding diaryl/α,β-unsaturated/α-hetero) is 1. The van der Waals surface area contributed by atoms with E-state index in [1.165, 1.54) is 0 Å². The molecular formula is C12H18O2Si. The quantitative estimate of drug-likeness (QED) is 0.578. The summed E-state index contributed by atoms with van der Waals surface area (Å²) < 4.78 is 5.87. The highest BCUT2D eigenvalue weighted by atomic mass is 28.4. The molecule has 0 N–H and O–H groups in total. The van der Waals surface area contributed by atoms with Crippen molar-refractivity contribution in [3.8, 4) is 5.75 Å². The van der Waals surface area contributed by atoms with Gasteiger partial charge in [-0.15, -0.1) is 0 Å². The number of hydrogen-bond acceptors (Lipinski definition) is 2. The van der Waals surface area contributed by atoms with Gasteiger partial charge in [0.15, 0.2) is 5.78 Å². The van der Waals surface area contributed by atoms with Crippen LogP contribution in [-0.2, 0) is 0 Å². The molecular weight excluding hydrogens is 204 g/mol. The van der Waals surface area contributed by atoms with Gasteiger partial charge in [0.1, 0.15) is 5.75 Å². The van der Waals surface area contributed by atoms with E-state index in [9.17, 15) is 4.79 Å². The van der Waals surface area contributed by atoms with Crippen molar-refractivity contribution in [3.63, 3.8) is 0 Å². The Morgan fingerprint density at radius 1 is 1.27 bits per heavy atom. The maximum absolute atomic E-state index is 11.4. The predicted octanol–water partition coefficient (Wildman–Crippen LogP) is 3.41. The molecule has 0 heterocycles. The first-order chi connectivity index (χ1) is 6.79.